The van der Waals surface area contributed by atoms with E-state index in [9.17, 15) is 0 Å². The van der Waals surface area contributed by atoms with Crippen LogP contribution in [0, 0.1) is 0 Å². The van der Waals surface area contributed by atoms with E-state index in [0.717, 1.165) is 74.5 Å². The average Bonchev–Trinajstić information content (AvgIpc) is 3.46. The fourth-order valence-corrected chi connectivity index (χ4v) is 4.64. The van der Waals surface area contributed by atoms with Crippen LogP contribution in [0.1, 0.15) is 25.7 Å². The van der Waals surface area contributed by atoms with Gasteiger partial charge in [-0.2, -0.15) is 0 Å². The summed E-state index contributed by atoms with van der Waals surface area (Å²) < 4.78 is 17.3. The van der Waals surface area contributed by atoms with Gasteiger partial charge in [0.25, 0.3) is 5.89 Å². The molecule has 0 amide bonds. The van der Waals surface area contributed by atoms with Crippen LogP contribution in [0.2, 0.25) is 0 Å². The summed E-state index contributed by atoms with van der Waals surface area (Å²) >= 11 is 0. The van der Waals surface area contributed by atoms with Gasteiger partial charge in [-0.3, -0.25) is 4.98 Å². The van der Waals surface area contributed by atoms with Crippen molar-refractivity contribution in [2.24, 2.45) is 0 Å². The quantitative estimate of drug-likeness (QED) is 0.443. The van der Waals surface area contributed by atoms with Gasteiger partial charge in [-0.15, -0.1) is 10.2 Å². The molecular weight excluding hydrogens is 448 g/mol. The van der Waals surface area contributed by atoms with E-state index in [1.165, 1.54) is 6.39 Å². The molecule has 1 aromatic carbocycles. The third-order valence-corrected chi connectivity index (χ3v) is 6.44. The van der Waals surface area contributed by atoms with Gasteiger partial charge in [0.1, 0.15) is 17.0 Å². The standard InChI is InChI=1S/C24H26N8O3/c1-3-18(4-2-16(1)29-24-27-6-5-19(30-24)23-31-28-15-34-23)35-21-14-17(32-9-11-33-12-10-32)13-20-22(21)26-8-7-25-20/h5-8,13-16,18H,1-4,9-12H2,(H,27,29,30). The second kappa shape index (κ2) is 9.79. The molecule has 6 rings (SSSR count). The molecule has 1 aliphatic carbocycles. The first-order valence-electron chi connectivity index (χ1n) is 11.9. The maximum Gasteiger partial charge on any atom is 0.266 e. The molecule has 1 saturated heterocycles. The van der Waals surface area contributed by atoms with Crippen LogP contribution in [0.5, 0.6) is 5.75 Å². The fourth-order valence-electron chi connectivity index (χ4n) is 4.64. The molecule has 180 valence electrons. The summed E-state index contributed by atoms with van der Waals surface area (Å²) in [6.07, 6.45) is 10.3. The molecule has 0 bridgehead atoms. The van der Waals surface area contributed by atoms with Gasteiger partial charge in [0.15, 0.2) is 0 Å². The van der Waals surface area contributed by atoms with Crippen LogP contribution in [0.3, 0.4) is 0 Å². The monoisotopic (exact) mass is 474 g/mol. The molecule has 35 heavy (non-hydrogen) atoms. The molecule has 4 aromatic rings. The first-order valence-corrected chi connectivity index (χ1v) is 11.9. The second-order valence-corrected chi connectivity index (χ2v) is 8.71. The van der Waals surface area contributed by atoms with Crippen molar-refractivity contribution in [1.82, 2.24) is 30.1 Å². The summed E-state index contributed by atoms with van der Waals surface area (Å²) in [5, 5.41) is 11.1. The molecule has 2 fully saturated rings. The van der Waals surface area contributed by atoms with Gasteiger partial charge in [0.2, 0.25) is 12.3 Å². The van der Waals surface area contributed by atoms with Crippen molar-refractivity contribution >= 4 is 22.7 Å². The highest BCUT2D eigenvalue weighted by Gasteiger charge is 2.25. The van der Waals surface area contributed by atoms with E-state index in [1.807, 2.05) is 0 Å². The molecule has 1 saturated carbocycles. The summed E-state index contributed by atoms with van der Waals surface area (Å²) in [5.41, 5.74) is 3.35. The number of nitrogens with zero attached hydrogens (tertiary/aromatic N) is 7. The minimum Gasteiger partial charge on any atom is -0.488 e. The van der Waals surface area contributed by atoms with Gasteiger partial charge in [-0.1, -0.05) is 0 Å². The Morgan fingerprint density at radius 1 is 0.971 bits per heavy atom. The smallest absolute Gasteiger partial charge is 0.266 e. The lowest BCUT2D eigenvalue weighted by Crippen LogP contribution is -2.36. The Kier molecular flexibility index (Phi) is 6.06. The van der Waals surface area contributed by atoms with Gasteiger partial charge in [0.05, 0.1) is 24.8 Å². The lowest BCUT2D eigenvalue weighted by molar-refractivity contribution is 0.122. The summed E-state index contributed by atoms with van der Waals surface area (Å²) in [6, 6.07) is 6.21. The third-order valence-electron chi connectivity index (χ3n) is 6.44. The van der Waals surface area contributed by atoms with Gasteiger partial charge in [-0.25, -0.2) is 15.0 Å². The molecule has 1 N–H and O–H groups in total. The predicted octanol–water partition coefficient (Wildman–Crippen LogP) is 3.11. The van der Waals surface area contributed by atoms with Crippen molar-refractivity contribution in [3.05, 3.63) is 43.2 Å². The van der Waals surface area contributed by atoms with Crippen LogP contribution < -0.4 is 15.0 Å². The van der Waals surface area contributed by atoms with E-state index in [-0.39, 0.29) is 12.1 Å². The Bertz CT molecular complexity index is 1270. The first kappa shape index (κ1) is 21.7. The van der Waals surface area contributed by atoms with E-state index in [4.69, 9.17) is 13.9 Å². The lowest BCUT2D eigenvalue weighted by Gasteiger charge is -2.31. The van der Waals surface area contributed by atoms with E-state index < -0.39 is 0 Å². The van der Waals surface area contributed by atoms with Crippen molar-refractivity contribution in [2.75, 3.05) is 36.5 Å². The number of nitrogens with one attached hydrogen (secondary N) is 1. The molecule has 11 heteroatoms. The summed E-state index contributed by atoms with van der Waals surface area (Å²) in [6.45, 7) is 3.18. The molecule has 1 aliphatic heterocycles. The largest absolute Gasteiger partial charge is 0.488 e. The van der Waals surface area contributed by atoms with Crippen molar-refractivity contribution in [3.8, 4) is 17.3 Å². The lowest BCUT2D eigenvalue weighted by atomic mass is 9.93. The van der Waals surface area contributed by atoms with Gasteiger partial charge < -0.3 is 24.1 Å². The summed E-state index contributed by atoms with van der Waals surface area (Å²) in [4.78, 5) is 20.3. The molecule has 11 nitrogen and oxygen atoms in total. The molecule has 4 heterocycles. The molecule has 0 radical (unpaired) electrons. The molecular formula is C24H26N8O3. The Balaban J connectivity index is 1.12. The fraction of sp³-hybridized carbons (Fsp3) is 0.417. The minimum absolute atomic E-state index is 0.115. The molecule has 0 unspecified atom stereocenters. The van der Waals surface area contributed by atoms with Gasteiger partial charge in [0, 0.05) is 49.5 Å². The second-order valence-electron chi connectivity index (χ2n) is 8.71. The van der Waals surface area contributed by atoms with Crippen LogP contribution in [0.15, 0.2) is 47.6 Å². The Morgan fingerprint density at radius 3 is 2.66 bits per heavy atom. The zero-order valence-electron chi connectivity index (χ0n) is 19.2. The number of fused-ring (bicyclic) bond motifs is 1. The van der Waals surface area contributed by atoms with Crippen molar-refractivity contribution in [2.45, 2.75) is 37.8 Å². The SMILES string of the molecule is c1cc(-c2nnco2)nc(NC2CCC(Oc3cc(N4CCOCC4)cc4nccnc34)CC2)n1. The van der Waals surface area contributed by atoms with Crippen LogP contribution in [0.25, 0.3) is 22.6 Å². The summed E-state index contributed by atoms with van der Waals surface area (Å²) in [7, 11) is 0. The molecule has 0 spiro atoms. The third kappa shape index (κ3) is 4.85. The normalized spacial score (nSPS) is 20.6. The number of hydrogen-bond acceptors (Lipinski definition) is 11. The predicted molar refractivity (Wildman–Crippen MR) is 128 cm³/mol. The van der Waals surface area contributed by atoms with Crippen LogP contribution in [0.4, 0.5) is 11.6 Å². The molecule has 0 atom stereocenters. The van der Waals surface area contributed by atoms with Crippen molar-refractivity contribution in [3.63, 3.8) is 0 Å². The van der Waals surface area contributed by atoms with Gasteiger partial charge >= 0.3 is 0 Å². The van der Waals surface area contributed by atoms with E-state index in [2.05, 4.69) is 52.5 Å². The van der Waals surface area contributed by atoms with Crippen LogP contribution >= 0.6 is 0 Å². The highest BCUT2D eigenvalue weighted by Crippen LogP contribution is 2.33. The van der Waals surface area contributed by atoms with Gasteiger partial charge in [-0.05, 0) is 37.8 Å². The Hall–Kier alpha value is -3.86. The number of rotatable bonds is 6. The topological polar surface area (TPSA) is 124 Å². The molecule has 2 aliphatic rings. The maximum absolute atomic E-state index is 6.52. The average molecular weight is 475 g/mol. The summed E-state index contributed by atoms with van der Waals surface area (Å²) in [5.74, 6) is 1.73. The first-order chi connectivity index (χ1) is 17.3. The number of benzene rings is 1. The molecule has 3 aromatic heterocycles. The van der Waals surface area contributed by atoms with Crippen LogP contribution in [-0.4, -0.2) is 68.6 Å². The zero-order chi connectivity index (χ0) is 23.5. The van der Waals surface area contributed by atoms with E-state index >= 15 is 0 Å². The minimum atomic E-state index is 0.115. The van der Waals surface area contributed by atoms with E-state index in [0.29, 0.717) is 17.5 Å². The zero-order valence-corrected chi connectivity index (χ0v) is 19.2. The highest BCUT2D eigenvalue weighted by atomic mass is 16.5. The maximum atomic E-state index is 6.52. The Labute approximate surface area is 201 Å². The number of aromatic nitrogens is 6. The van der Waals surface area contributed by atoms with Crippen LogP contribution in [-0.2, 0) is 4.74 Å². The number of ether oxygens (including phenoxy) is 2. The number of anilines is 2. The van der Waals surface area contributed by atoms with Crippen molar-refractivity contribution < 1.29 is 13.9 Å². The number of hydrogen-bond donors (Lipinski definition) is 1. The van der Waals surface area contributed by atoms with Crippen molar-refractivity contribution in [1.29, 1.82) is 0 Å². The van der Waals surface area contributed by atoms with E-state index in [1.54, 1.807) is 24.7 Å². The number of morpholine rings is 1. The Morgan fingerprint density at radius 2 is 1.83 bits per heavy atom. The highest BCUT2D eigenvalue weighted by molar-refractivity contribution is 5.85.